The fraction of sp³-hybridized carbons (Fsp3) is 0.500. The molecule has 2 aliphatic rings. The molecule has 0 aromatic heterocycles. The first-order valence-corrected chi connectivity index (χ1v) is 7.95. The van der Waals surface area contributed by atoms with E-state index in [2.05, 4.69) is 15.3 Å². The van der Waals surface area contributed by atoms with Gasteiger partial charge in [-0.1, -0.05) is 18.2 Å². The summed E-state index contributed by atoms with van der Waals surface area (Å²) in [5.41, 5.74) is 10.9. The summed E-state index contributed by atoms with van der Waals surface area (Å²) in [5.74, 6) is 1.48. The number of nitrogens with two attached hydrogens (primary N) is 2. The number of hydrogen-bond acceptors (Lipinski definition) is 7. The molecule has 1 heterocycles. The molecule has 23 heavy (non-hydrogen) atoms. The van der Waals surface area contributed by atoms with Crippen molar-refractivity contribution in [2.24, 2.45) is 21.5 Å². The Labute approximate surface area is 135 Å². The average Bonchev–Trinajstić information content (AvgIpc) is 2.88. The van der Waals surface area contributed by atoms with E-state index in [1.165, 1.54) is 0 Å². The molecule has 7 nitrogen and oxygen atoms in total. The van der Waals surface area contributed by atoms with Crippen molar-refractivity contribution in [2.75, 3.05) is 13.2 Å². The lowest BCUT2D eigenvalue weighted by atomic mass is 10.1. The molecule has 5 N–H and O–H groups in total. The van der Waals surface area contributed by atoms with Gasteiger partial charge in [0.1, 0.15) is 11.9 Å². The summed E-state index contributed by atoms with van der Waals surface area (Å²) in [6.07, 6.45) is 3.43. The minimum Gasteiger partial charge on any atom is -0.494 e. The first kappa shape index (κ1) is 15.6. The third kappa shape index (κ3) is 3.73. The number of benzene rings is 1. The summed E-state index contributed by atoms with van der Waals surface area (Å²) in [7, 11) is 0. The van der Waals surface area contributed by atoms with Gasteiger partial charge in [-0.05, 0) is 31.4 Å². The number of nitrogens with zero attached hydrogens (tertiary/aromatic N) is 2. The van der Waals surface area contributed by atoms with Crippen molar-refractivity contribution in [3.8, 4) is 5.75 Å². The second-order valence-corrected chi connectivity index (χ2v) is 5.76. The van der Waals surface area contributed by atoms with Crippen LogP contribution in [0.2, 0.25) is 0 Å². The van der Waals surface area contributed by atoms with E-state index in [1.807, 2.05) is 30.3 Å². The van der Waals surface area contributed by atoms with Crippen LogP contribution in [0.1, 0.15) is 25.7 Å². The number of ether oxygens (including phenoxy) is 2. The van der Waals surface area contributed by atoms with Crippen LogP contribution in [0.25, 0.3) is 0 Å². The lowest BCUT2D eigenvalue weighted by Crippen LogP contribution is -2.52. The lowest BCUT2D eigenvalue weighted by molar-refractivity contribution is 0.0128. The van der Waals surface area contributed by atoms with E-state index in [-0.39, 0.29) is 6.10 Å². The second kappa shape index (κ2) is 6.87. The predicted octanol–water partition coefficient (Wildman–Crippen LogP) is 0.953. The van der Waals surface area contributed by atoms with Gasteiger partial charge in [0.05, 0.1) is 13.2 Å². The molecule has 1 aliphatic heterocycles. The van der Waals surface area contributed by atoms with Gasteiger partial charge in [-0.15, -0.1) is 0 Å². The van der Waals surface area contributed by atoms with Gasteiger partial charge in [0, 0.05) is 6.42 Å². The highest BCUT2D eigenvalue weighted by molar-refractivity contribution is 5.99. The molecule has 1 unspecified atom stereocenters. The van der Waals surface area contributed by atoms with Crippen molar-refractivity contribution in [1.82, 2.24) is 5.32 Å². The molecule has 1 spiro atoms. The van der Waals surface area contributed by atoms with Crippen molar-refractivity contribution in [3.05, 3.63) is 30.3 Å². The fourth-order valence-electron chi connectivity index (χ4n) is 3.03. The Morgan fingerprint density at radius 1 is 1.13 bits per heavy atom. The van der Waals surface area contributed by atoms with Gasteiger partial charge in [-0.2, -0.15) is 0 Å². The van der Waals surface area contributed by atoms with Crippen molar-refractivity contribution in [3.63, 3.8) is 0 Å². The maximum Gasteiger partial charge on any atom is 0.197 e. The average molecular weight is 317 g/mol. The molecule has 1 aromatic carbocycles. The number of aliphatic imine (C=N–C) groups is 2. The van der Waals surface area contributed by atoms with Crippen molar-refractivity contribution >= 4 is 11.9 Å². The third-order valence-electron chi connectivity index (χ3n) is 4.03. The standard InChI is InChI=1S/C16H23N5O2/c17-14-19-15(18)21-16(20-14)9-4-8-13(16)23-11-5-10-22-12-6-2-1-3-7-12/h1-3,6-7,13H,4-5,8-11H2,(H5,17,18,19,20,21). The second-order valence-electron chi connectivity index (χ2n) is 5.76. The van der Waals surface area contributed by atoms with Crippen molar-refractivity contribution < 1.29 is 9.47 Å². The Hall–Kier alpha value is -2.28. The molecular weight excluding hydrogens is 294 g/mol. The Kier molecular flexibility index (Phi) is 4.66. The summed E-state index contributed by atoms with van der Waals surface area (Å²) in [4.78, 5) is 8.90. The zero-order valence-electron chi connectivity index (χ0n) is 13.1. The van der Waals surface area contributed by atoms with Crippen LogP contribution in [0.5, 0.6) is 5.75 Å². The highest BCUT2D eigenvalue weighted by Crippen LogP contribution is 2.38. The van der Waals surface area contributed by atoms with E-state index in [1.54, 1.807) is 0 Å². The number of nitrogens with one attached hydrogen (secondary N) is 1. The summed E-state index contributed by atoms with van der Waals surface area (Å²) in [6.45, 7) is 1.21. The van der Waals surface area contributed by atoms with Gasteiger partial charge in [0.15, 0.2) is 17.6 Å². The van der Waals surface area contributed by atoms with E-state index < -0.39 is 5.66 Å². The first-order chi connectivity index (χ1) is 11.2. The van der Waals surface area contributed by atoms with Gasteiger partial charge in [0.2, 0.25) is 0 Å². The lowest BCUT2D eigenvalue weighted by Gasteiger charge is -2.31. The van der Waals surface area contributed by atoms with Crippen LogP contribution in [0.15, 0.2) is 40.3 Å². The van der Waals surface area contributed by atoms with Crippen LogP contribution < -0.4 is 21.5 Å². The van der Waals surface area contributed by atoms with Crippen LogP contribution in [0.4, 0.5) is 0 Å². The van der Waals surface area contributed by atoms with E-state index in [4.69, 9.17) is 20.9 Å². The van der Waals surface area contributed by atoms with Gasteiger partial charge in [-0.25, -0.2) is 9.98 Å². The first-order valence-electron chi connectivity index (χ1n) is 7.95. The number of para-hydroxylation sites is 1. The number of guanidine groups is 2. The molecular formula is C16H23N5O2. The molecule has 0 bridgehead atoms. The molecule has 1 fully saturated rings. The van der Waals surface area contributed by atoms with Crippen molar-refractivity contribution in [2.45, 2.75) is 37.5 Å². The third-order valence-corrected chi connectivity index (χ3v) is 4.03. The largest absolute Gasteiger partial charge is 0.494 e. The molecule has 1 aliphatic carbocycles. The molecule has 1 saturated carbocycles. The van der Waals surface area contributed by atoms with Crippen LogP contribution in [0, 0.1) is 0 Å². The number of rotatable bonds is 6. The fourth-order valence-corrected chi connectivity index (χ4v) is 3.03. The molecule has 124 valence electrons. The highest BCUT2D eigenvalue weighted by atomic mass is 16.5. The number of hydrogen-bond donors (Lipinski definition) is 3. The Morgan fingerprint density at radius 3 is 2.61 bits per heavy atom. The summed E-state index contributed by atoms with van der Waals surface area (Å²) in [6, 6.07) is 9.76. The topological polar surface area (TPSA) is 107 Å². The van der Waals surface area contributed by atoms with Gasteiger partial charge in [0.25, 0.3) is 0 Å². The van der Waals surface area contributed by atoms with Gasteiger partial charge >= 0.3 is 0 Å². The molecule has 0 saturated heterocycles. The molecule has 7 heteroatoms. The molecule has 3 rings (SSSR count). The summed E-state index contributed by atoms with van der Waals surface area (Å²) < 4.78 is 11.7. The molecule has 1 atom stereocenters. The Bertz CT molecular complexity index is 569. The normalized spacial score (nSPS) is 22.3. The minimum atomic E-state index is -0.653. The summed E-state index contributed by atoms with van der Waals surface area (Å²) in [5, 5.41) is 2.73. The predicted molar refractivity (Wildman–Crippen MR) is 89.3 cm³/mol. The van der Waals surface area contributed by atoms with E-state index in [0.717, 1.165) is 31.4 Å². The van der Waals surface area contributed by atoms with Crippen molar-refractivity contribution in [1.29, 1.82) is 0 Å². The van der Waals surface area contributed by atoms with Gasteiger partial charge < -0.3 is 20.9 Å². The maximum atomic E-state index is 6.00. The Morgan fingerprint density at radius 2 is 1.87 bits per heavy atom. The monoisotopic (exact) mass is 317 g/mol. The van der Waals surface area contributed by atoms with Gasteiger partial charge in [-0.3, -0.25) is 5.32 Å². The molecule has 0 amide bonds. The Balaban J connectivity index is 1.47. The quantitative estimate of drug-likeness (QED) is 0.677. The molecule has 0 radical (unpaired) electrons. The zero-order chi connectivity index (χ0) is 16.1. The summed E-state index contributed by atoms with van der Waals surface area (Å²) >= 11 is 0. The zero-order valence-corrected chi connectivity index (χ0v) is 13.1. The molecule has 1 aromatic rings. The van der Waals surface area contributed by atoms with Crippen LogP contribution >= 0.6 is 0 Å². The SMILES string of the molecule is NC1=NC2(CCCC2OCCCOc2ccccc2)N=C(N)N1. The maximum absolute atomic E-state index is 6.00. The van der Waals surface area contributed by atoms with E-state index in [0.29, 0.717) is 25.1 Å². The highest BCUT2D eigenvalue weighted by Gasteiger charge is 2.45. The smallest absolute Gasteiger partial charge is 0.197 e. The van der Waals surface area contributed by atoms with Crippen LogP contribution in [-0.4, -0.2) is 36.9 Å². The van der Waals surface area contributed by atoms with Crippen LogP contribution in [-0.2, 0) is 4.74 Å². The van der Waals surface area contributed by atoms with E-state index in [9.17, 15) is 0 Å². The van der Waals surface area contributed by atoms with Crippen LogP contribution in [0.3, 0.4) is 0 Å². The minimum absolute atomic E-state index is 0.0848. The van der Waals surface area contributed by atoms with E-state index >= 15 is 0 Å².